The fourth-order valence-corrected chi connectivity index (χ4v) is 8.43. The normalized spacial score (nSPS) is 64.0. The number of ketones is 1. The molecule has 3 N–H and O–H groups in total. The van der Waals surface area contributed by atoms with Crippen LogP contribution in [0.2, 0.25) is 0 Å². The highest BCUT2D eigenvalue weighted by molar-refractivity contribution is 6.02. The van der Waals surface area contributed by atoms with Gasteiger partial charge >= 0.3 is 0 Å². The Kier molecular flexibility index (Phi) is 2.57. The van der Waals surface area contributed by atoms with Crippen molar-refractivity contribution in [2.24, 2.45) is 34.0 Å². The molecule has 142 valence electrons. The lowest BCUT2D eigenvalue weighted by atomic mass is 9.34. The predicted molar refractivity (Wildman–Crippen MR) is 88.4 cm³/mol. The molecule has 0 radical (unpaired) electrons. The van der Waals surface area contributed by atoms with Crippen LogP contribution in [0.4, 0.5) is 0 Å². The van der Waals surface area contributed by atoms with Crippen LogP contribution in [0.5, 0.6) is 0 Å². The lowest BCUT2D eigenvalue weighted by molar-refractivity contribution is -0.559. The molecule has 0 aromatic carbocycles. The molecule has 7 bridgehead atoms. The zero-order chi connectivity index (χ0) is 18.4. The summed E-state index contributed by atoms with van der Waals surface area (Å²) >= 11 is 0. The Balaban J connectivity index is 1.70. The molecular weight excluding hydrogens is 336 g/mol. The third-order valence-corrected chi connectivity index (χ3v) is 9.16. The van der Waals surface area contributed by atoms with Gasteiger partial charge in [0, 0.05) is 17.4 Å². The summed E-state index contributed by atoms with van der Waals surface area (Å²) in [6.07, 6.45) is -0.452. The van der Waals surface area contributed by atoms with Crippen LogP contribution < -0.4 is 0 Å². The standard InChI is InChI=1S/C20H26O6/c1-8-12(22)9-4-5-10-18-11(21)6-7-17(2,3)13(18)14(23)20(24)19(8,10)15(9)25-16(18)26-20/h9-11,13-16,21,23-24H,1,4-7H2,2-3H3/t9-,10-,11-,13+,14-,15-,16-,18-,19+,20+/m0/s1. The van der Waals surface area contributed by atoms with E-state index in [-0.39, 0.29) is 29.0 Å². The fraction of sp³-hybridized carbons (Fsp3) is 0.850. The van der Waals surface area contributed by atoms with Crippen LogP contribution >= 0.6 is 0 Å². The number of Topliss-reactive ketones (excluding diaryl/α,β-unsaturated/α-hetero) is 1. The molecule has 8 fully saturated rings. The number of carbonyl (C=O) groups excluding carboxylic acids is 1. The van der Waals surface area contributed by atoms with Crippen LogP contribution in [0, 0.1) is 34.0 Å². The summed E-state index contributed by atoms with van der Waals surface area (Å²) in [7, 11) is 0. The first-order valence-corrected chi connectivity index (χ1v) is 9.80. The minimum Gasteiger partial charge on any atom is -0.392 e. The highest BCUT2D eigenvalue weighted by Crippen LogP contribution is 2.82. The van der Waals surface area contributed by atoms with Gasteiger partial charge in [-0.05, 0) is 37.0 Å². The van der Waals surface area contributed by atoms with Crippen LogP contribution in [0.3, 0.4) is 0 Å². The van der Waals surface area contributed by atoms with Crippen LogP contribution in [-0.2, 0) is 14.3 Å². The number of hydrogen-bond acceptors (Lipinski definition) is 6. The van der Waals surface area contributed by atoms with Gasteiger partial charge in [0.15, 0.2) is 12.1 Å². The second-order valence-corrected chi connectivity index (χ2v) is 10.1. The van der Waals surface area contributed by atoms with Crippen molar-refractivity contribution in [3.63, 3.8) is 0 Å². The van der Waals surface area contributed by atoms with Crippen molar-refractivity contribution >= 4 is 5.78 Å². The molecule has 4 saturated heterocycles. The molecule has 0 amide bonds. The molecule has 2 spiro atoms. The van der Waals surface area contributed by atoms with E-state index in [9.17, 15) is 20.1 Å². The van der Waals surface area contributed by atoms with Gasteiger partial charge in [-0.25, -0.2) is 0 Å². The van der Waals surface area contributed by atoms with Crippen molar-refractivity contribution in [3.8, 4) is 0 Å². The smallest absolute Gasteiger partial charge is 0.207 e. The molecule has 6 heteroatoms. The molecule has 10 atom stereocenters. The zero-order valence-corrected chi connectivity index (χ0v) is 15.1. The van der Waals surface area contributed by atoms with Gasteiger partial charge in [0.05, 0.1) is 23.0 Å². The van der Waals surface area contributed by atoms with Crippen LogP contribution in [0.25, 0.3) is 0 Å². The first-order valence-electron chi connectivity index (χ1n) is 9.80. The monoisotopic (exact) mass is 362 g/mol. The molecule has 4 aliphatic carbocycles. The van der Waals surface area contributed by atoms with Gasteiger partial charge in [-0.15, -0.1) is 0 Å². The van der Waals surface area contributed by atoms with Gasteiger partial charge in [0.1, 0.15) is 6.10 Å². The highest BCUT2D eigenvalue weighted by Gasteiger charge is 2.91. The largest absolute Gasteiger partial charge is 0.392 e. The Morgan fingerprint density at radius 3 is 2.65 bits per heavy atom. The van der Waals surface area contributed by atoms with E-state index >= 15 is 0 Å². The first-order chi connectivity index (χ1) is 12.1. The van der Waals surface area contributed by atoms with E-state index in [4.69, 9.17) is 9.47 Å². The van der Waals surface area contributed by atoms with Gasteiger partial charge in [0.2, 0.25) is 5.79 Å². The molecule has 0 aromatic rings. The van der Waals surface area contributed by atoms with Crippen molar-refractivity contribution in [1.29, 1.82) is 0 Å². The number of carbonyl (C=O) groups is 1. The van der Waals surface area contributed by atoms with E-state index in [1.165, 1.54) is 0 Å². The van der Waals surface area contributed by atoms with E-state index in [1.807, 2.05) is 0 Å². The second-order valence-electron chi connectivity index (χ2n) is 10.1. The SMILES string of the molecule is C=C1C(=O)[C@@H]2CC[C@H]3[C@@]45[C@H]6O[C@@H]2[C@@]13[C@](O)(O6)[C@@H](O)[C@@H]4C(C)(C)CC[C@@H]5O. The summed E-state index contributed by atoms with van der Waals surface area (Å²) in [5, 5.41) is 34.4. The van der Waals surface area contributed by atoms with E-state index in [0.29, 0.717) is 24.8 Å². The maximum Gasteiger partial charge on any atom is 0.207 e. The maximum absolute atomic E-state index is 12.9. The molecule has 8 aliphatic rings. The quantitative estimate of drug-likeness (QED) is 0.550. The number of hydrogen-bond donors (Lipinski definition) is 3. The fourth-order valence-electron chi connectivity index (χ4n) is 8.43. The van der Waals surface area contributed by atoms with Gasteiger partial charge < -0.3 is 24.8 Å². The summed E-state index contributed by atoms with van der Waals surface area (Å²) in [6.45, 7) is 8.23. The summed E-state index contributed by atoms with van der Waals surface area (Å²) in [6, 6.07) is 0. The van der Waals surface area contributed by atoms with Crippen molar-refractivity contribution < 1.29 is 29.6 Å². The lowest BCUT2D eigenvalue weighted by Crippen LogP contribution is -2.90. The molecule has 26 heavy (non-hydrogen) atoms. The number of rotatable bonds is 0. The van der Waals surface area contributed by atoms with Gasteiger partial charge in [0.25, 0.3) is 0 Å². The maximum atomic E-state index is 12.9. The summed E-state index contributed by atoms with van der Waals surface area (Å²) in [4.78, 5) is 12.9. The second kappa shape index (κ2) is 4.13. The Labute approximate surface area is 152 Å². The van der Waals surface area contributed by atoms with E-state index < -0.39 is 41.2 Å². The molecule has 0 unspecified atom stereocenters. The number of aliphatic hydroxyl groups is 3. The average Bonchev–Trinajstić information content (AvgIpc) is 2.71. The first kappa shape index (κ1) is 16.2. The molecule has 0 aromatic heterocycles. The molecule has 4 aliphatic heterocycles. The van der Waals surface area contributed by atoms with E-state index in [2.05, 4.69) is 20.4 Å². The Morgan fingerprint density at radius 1 is 1.19 bits per heavy atom. The molecule has 4 heterocycles. The van der Waals surface area contributed by atoms with Crippen molar-refractivity contribution in [3.05, 3.63) is 12.2 Å². The van der Waals surface area contributed by atoms with Crippen molar-refractivity contribution in [1.82, 2.24) is 0 Å². The Hall–Kier alpha value is -0.790. The Bertz CT molecular complexity index is 761. The highest BCUT2D eigenvalue weighted by atomic mass is 16.8. The molecule has 8 rings (SSSR count). The van der Waals surface area contributed by atoms with Crippen LogP contribution in [0.1, 0.15) is 39.5 Å². The van der Waals surface area contributed by atoms with Gasteiger partial charge in [-0.1, -0.05) is 20.4 Å². The number of ether oxygens (including phenoxy) is 2. The van der Waals surface area contributed by atoms with Crippen molar-refractivity contribution in [2.75, 3.05) is 0 Å². The minimum absolute atomic E-state index is 0.0764. The summed E-state index contributed by atoms with van der Waals surface area (Å²) in [5.74, 6) is -2.82. The molecular formula is C20H26O6. The predicted octanol–water partition coefficient (Wildman–Crippen LogP) is 0.740. The van der Waals surface area contributed by atoms with Crippen LogP contribution in [-0.4, -0.2) is 51.5 Å². The lowest BCUT2D eigenvalue weighted by Gasteiger charge is -2.80. The van der Waals surface area contributed by atoms with E-state index in [1.54, 1.807) is 0 Å². The molecule has 4 saturated carbocycles. The van der Waals surface area contributed by atoms with Gasteiger partial charge in [-0.2, -0.15) is 0 Å². The zero-order valence-electron chi connectivity index (χ0n) is 15.1. The third-order valence-electron chi connectivity index (χ3n) is 9.16. The van der Waals surface area contributed by atoms with Crippen molar-refractivity contribution in [2.45, 2.75) is 69.9 Å². The van der Waals surface area contributed by atoms with E-state index in [0.717, 1.165) is 6.42 Å². The topological polar surface area (TPSA) is 96.2 Å². The van der Waals surface area contributed by atoms with Crippen LogP contribution in [0.15, 0.2) is 12.2 Å². The average molecular weight is 362 g/mol. The third kappa shape index (κ3) is 1.19. The Morgan fingerprint density at radius 2 is 1.92 bits per heavy atom. The minimum atomic E-state index is -1.88. The summed E-state index contributed by atoms with van der Waals surface area (Å²) < 4.78 is 12.3. The van der Waals surface area contributed by atoms with Gasteiger partial charge in [-0.3, -0.25) is 4.79 Å². The molecule has 6 nitrogen and oxygen atoms in total. The summed E-state index contributed by atoms with van der Waals surface area (Å²) in [5.41, 5.74) is -1.93. The number of aliphatic hydroxyl groups excluding tert-OH is 2.